The highest BCUT2D eigenvalue weighted by molar-refractivity contribution is 14.0. The molecule has 0 radical (unpaired) electrons. The number of nitrogens with two attached hydrogens (primary N) is 1. The summed E-state index contributed by atoms with van der Waals surface area (Å²) in [4.78, 5) is 17.7. The summed E-state index contributed by atoms with van der Waals surface area (Å²) in [6.07, 6.45) is 2.41. The normalized spacial score (nSPS) is 15.1. The molecule has 7 heteroatoms. The molecule has 6 nitrogen and oxygen atoms in total. The molecule has 2 rings (SSSR count). The Morgan fingerprint density at radius 1 is 1.45 bits per heavy atom. The molecule has 0 saturated carbocycles. The van der Waals surface area contributed by atoms with Gasteiger partial charge in [-0.05, 0) is 31.9 Å². The fraction of sp³-hybridized carbons (Fsp3) is 0.538. The van der Waals surface area contributed by atoms with E-state index in [2.05, 4.69) is 15.2 Å². The summed E-state index contributed by atoms with van der Waals surface area (Å²) in [5.74, 6) is 1.17. The van der Waals surface area contributed by atoms with Crippen LogP contribution in [-0.2, 0) is 6.54 Å². The van der Waals surface area contributed by atoms with E-state index in [0.717, 1.165) is 25.6 Å². The van der Waals surface area contributed by atoms with Gasteiger partial charge < -0.3 is 20.4 Å². The van der Waals surface area contributed by atoms with Gasteiger partial charge in [-0.3, -0.25) is 4.79 Å². The van der Waals surface area contributed by atoms with Crippen LogP contribution in [-0.4, -0.2) is 36.4 Å². The van der Waals surface area contributed by atoms with Crippen LogP contribution in [0.1, 0.15) is 36.1 Å². The highest BCUT2D eigenvalue weighted by Crippen LogP contribution is 2.11. The van der Waals surface area contributed by atoms with Crippen LogP contribution < -0.4 is 11.1 Å². The Morgan fingerprint density at radius 3 is 2.70 bits per heavy atom. The molecule has 1 aliphatic rings. The van der Waals surface area contributed by atoms with Crippen LogP contribution in [0.25, 0.3) is 0 Å². The Bertz CT molecular complexity index is 467. The van der Waals surface area contributed by atoms with Crippen molar-refractivity contribution < 1.29 is 9.21 Å². The first-order chi connectivity index (χ1) is 9.20. The predicted molar refractivity (Wildman–Crippen MR) is 88.3 cm³/mol. The molecule has 1 aliphatic heterocycles. The van der Waals surface area contributed by atoms with Gasteiger partial charge in [0.25, 0.3) is 5.91 Å². The summed E-state index contributed by atoms with van der Waals surface area (Å²) in [6.45, 7) is 5.36. The van der Waals surface area contributed by atoms with Gasteiger partial charge in [-0.1, -0.05) is 0 Å². The van der Waals surface area contributed by atoms with E-state index in [1.54, 1.807) is 12.1 Å². The summed E-state index contributed by atoms with van der Waals surface area (Å²) in [6, 6.07) is 3.31. The van der Waals surface area contributed by atoms with E-state index in [4.69, 9.17) is 10.2 Å². The minimum Gasteiger partial charge on any atom is -0.454 e. The number of hydrogen-bond donors (Lipinski definition) is 2. The van der Waals surface area contributed by atoms with Gasteiger partial charge >= 0.3 is 0 Å². The van der Waals surface area contributed by atoms with Crippen LogP contribution in [0.15, 0.2) is 21.5 Å². The van der Waals surface area contributed by atoms with Crippen molar-refractivity contribution in [3.05, 3.63) is 23.7 Å². The van der Waals surface area contributed by atoms with Gasteiger partial charge in [0.05, 0.1) is 0 Å². The molecule has 3 N–H and O–H groups in total. The van der Waals surface area contributed by atoms with Crippen LogP contribution in [0.2, 0.25) is 0 Å². The van der Waals surface area contributed by atoms with Gasteiger partial charge in [-0.15, -0.1) is 24.0 Å². The van der Waals surface area contributed by atoms with E-state index >= 15 is 0 Å². The fourth-order valence-corrected chi connectivity index (χ4v) is 2.10. The van der Waals surface area contributed by atoms with E-state index in [1.807, 2.05) is 6.92 Å². The summed E-state index contributed by atoms with van der Waals surface area (Å²) < 4.78 is 5.31. The van der Waals surface area contributed by atoms with Crippen molar-refractivity contribution in [1.29, 1.82) is 0 Å². The largest absolute Gasteiger partial charge is 0.454 e. The lowest BCUT2D eigenvalue weighted by molar-refractivity contribution is 0.0972. The molecule has 1 saturated heterocycles. The molecule has 0 atom stereocenters. The zero-order valence-corrected chi connectivity index (χ0v) is 13.9. The van der Waals surface area contributed by atoms with E-state index in [1.165, 1.54) is 12.8 Å². The highest BCUT2D eigenvalue weighted by Gasteiger charge is 2.15. The molecule has 0 bridgehead atoms. The number of nitrogens with zero attached hydrogens (tertiary/aromatic N) is 2. The Labute approximate surface area is 135 Å². The first-order valence-electron chi connectivity index (χ1n) is 6.62. The van der Waals surface area contributed by atoms with Crippen molar-refractivity contribution >= 4 is 35.8 Å². The van der Waals surface area contributed by atoms with Crippen molar-refractivity contribution in [1.82, 2.24) is 10.2 Å². The Morgan fingerprint density at radius 2 is 2.15 bits per heavy atom. The zero-order valence-electron chi connectivity index (χ0n) is 11.6. The van der Waals surface area contributed by atoms with Crippen molar-refractivity contribution in [2.45, 2.75) is 26.3 Å². The first kappa shape index (κ1) is 16.8. The fourth-order valence-electron chi connectivity index (χ4n) is 2.10. The number of halogens is 1. The molecule has 1 aromatic heterocycles. The molecular formula is C13H21IN4O2. The van der Waals surface area contributed by atoms with Gasteiger partial charge in [0.2, 0.25) is 0 Å². The molecule has 1 fully saturated rings. The number of nitrogens with one attached hydrogen (secondary N) is 1. The number of furan rings is 1. The van der Waals surface area contributed by atoms with Gasteiger partial charge in [0, 0.05) is 19.6 Å². The minimum atomic E-state index is -0.554. The second-order valence-corrected chi connectivity index (χ2v) is 4.49. The lowest BCUT2D eigenvalue weighted by Gasteiger charge is -2.20. The lowest BCUT2D eigenvalue weighted by Crippen LogP contribution is -2.39. The lowest BCUT2D eigenvalue weighted by atomic mass is 10.4. The molecule has 1 amide bonds. The van der Waals surface area contributed by atoms with Crippen LogP contribution in [0, 0.1) is 0 Å². The van der Waals surface area contributed by atoms with E-state index in [-0.39, 0.29) is 29.7 Å². The molecule has 0 aliphatic carbocycles. The van der Waals surface area contributed by atoms with Crippen LogP contribution in [0.3, 0.4) is 0 Å². The quantitative estimate of drug-likeness (QED) is 0.463. The Kier molecular flexibility index (Phi) is 6.83. The maximum atomic E-state index is 10.9. The van der Waals surface area contributed by atoms with E-state index in [0.29, 0.717) is 12.3 Å². The van der Waals surface area contributed by atoms with Crippen LogP contribution in [0.4, 0.5) is 0 Å². The number of amides is 1. The van der Waals surface area contributed by atoms with Gasteiger partial charge in [0.1, 0.15) is 12.3 Å². The topological polar surface area (TPSA) is 83.9 Å². The number of guanidine groups is 1. The Hall–Kier alpha value is -1.25. The summed E-state index contributed by atoms with van der Waals surface area (Å²) in [5.41, 5.74) is 5.14. The smallest absolute Gasteiger partial charge is 0.284 e. The van der Waals surface area contributed by atoms with Crippen molar-refractivity contribution in [2.75, 3.05) is 19.6 Å². The zero-order chi connectivity index (χ0) is 13.7. The number of carbonyl (C=O) groups excluding carboxylic acids is 1. The first-order valence-corrected chi connectivity index (χ1v) is 6.62. The maximum absolute atomic E-state index is 10.9. The van der Waals surface area contributed by atoms with E-state index < -0.39 is 5.91 Å². The summed E-state index contributed by atoms with van der Waals surface area (Å²) in [5, 5.41) is 3.27. The molecule has 0 unspecified atom stereocenters. The van der Waals surface area contributed by atoms with Gasteiger partial charge in [0.15, 0.2) is 11.7 Å². The monoisotopic (exact) mass is 392 g/mol. The molecule has 1 aromatic rings. The SMILES string of the molecule is CCNC(=NCc1ccc(C(N)=O)o1)N1CCCC1.I. The predicted octanol–water partition coefficient (Wildman–Crippen LogP) is 1.56. The number of rotatable bonds is 4. The molecule has 0 aromatic carbocycles. The second-order valence-electron chi connectivity index (χ2n) is 4.49. The molecule has 0 spiro atoms. The average molecular weight is 392 g/mol. The highest BCUT2D eigenvalue weighted by atomic mass is 127. The molecule has 2 heterocycles. The Balaban J connectivity index is 0.00000200. The number of aliphatic imine (C=N–C) groups is 1. The second kappa shape index (κ2) is 8.13. The molecule has 112 valence electrons. The van der Waals surface area contributed by atoms with Crippen LogP contribution in [0.5, 0.6) is 0 Å². The number of carbonyl (C=O) groups is 1. The van der Waals surface area contributed by atoms with Crippen molar-refractivity contribution in [2.24, 2.45) is 10.7 Å². The van der Waals surface area contributed by atoms with Crippen LogP contribution >= 0.6 is 24.0 Å². The molecule has 20 heavy (non-hydrogen) atoms. The third kappa shape index (κ3) is 4.39. The third-order valence-electron chi connectivity index (χ3n) is 3.03. The average Bonchev–Trinajstić information content (AvgIpc) is 3.05. The minimum absolute atomic E-state index is 0. The number of hydrogen-bond acceptors (Lipinski definition) is 3. The number of likely N-dealkylation sites (tertiary alicyclic amines) is 1. The summed E-state index contributed by atoms with van der Waals surface area (Å²) in [7, 11) is 0. The summed E-state index contributed by atoms with van der Waals surface area (Å²) >= 11 is 0. The standard InChI is InChI=1S/C13H20N4O2.HI/c1-2-15-13(17-7-3-4-8-17)16-9-10-5-6-11(19-10)12(14)18;/h5-6H,2-4,7-9H2,1H3,(H2,14,18)(H,15,16);1H. The van der Waals surface area contributed by atoms with Crippen molar-refractivity contribution in [3.63, 3.8) is 0 Å². The number of primary amides is 1. The van der Waals surface area contributed by atoms with Gasteiger partial charge in [-0.25, -0.2) is 4.99 Å². The van der Waals surface area contributed by atoms with E-state index in [9.17, 15) is 4.79 Å². The maximum Gasteiger partial charge on any atom is 0.284 e. The third-order valence-corrected chi connectivity index (χ3v) is 3.03. The molecular weight excluding hydrogens is 371 g/mol. The van der Waals surface area contributed by atoms with Gasteiger partial charge in [-0.2, -0.15) is 0 Å². The van der Waals surface area contributed by atoms with Crippen molar-refractivity contribution in [3.8, 4) is 0 Å².